The van der Waals surface area contributed by atoms with E-state index in [1.165, 1.54) is 17.1 Å². The molecule has 1 heterocycles. The fraction of sp³-hybridized carbons (Fsp3) is 0.333. The average molecular weight is 264 g/mol. The average Bonchev–Trinajstić information content (AvgIpc) is 2.90. The van der Waals surface area contributed by atoms with E-state index in [0.717, 1.165) is 22.6 Å². The van der Waals surface area contributed by atoms with Gasteiger partial charge in [-0.3, -0.25) is 11.3 Å². The molecule has 0 bridgehead atoms. The molecule has 0 aliphatic heterocycles. The van der Waals surface area contributed by atoms with Crippen LogP contribution >= 0.6 is 11.5 Å². The van der Waals surface area contributed by atoms with Crippen LogP contribution in [0.15, 0.2) is 24.4 Å². The molecule has 96 valence electrons. The Bertz CT molecular complexity index is 501. The molecule has 0 saturated heterocycles. The molecular formula is C12H16N4OS. The first-order valence-corrected chi connectivity index (χ1v) is 6.39. The predicted molar refractivity (Wildman–Crippen MR) is 71.4 cm³/mol. The van der Waals surface area contributed by atoms with Crippen molar-refractivity contribution in [2.75, 3.05) is 7.11 Å². The van der Waals surface area contributed by atoms with E-state index >= 15 is 0 Å². The summed E-state index contributed by atoms with van der Waals surface area (Å²) in [6, 6.07) is 6.11. The fourth-order valence-electron chi connectivity index (χ4n) is 1.86. The normalized spacial score (nSPS) is 12.4. The standard InChI is InChI=1S/C12H16N4OS/c1-8-3-4-11(17-2)9(5-8)6-10(15-13)12-7-14-16-18-12/h3-5,7,10,15H,6,13H2,1-2H3. The second-order valence-electron chi connectivity index (χ2n) is 4.06. The van der Waals surface area contributed by atoms with Crippen LogP contribution in [0.25, 0.3) is 0 Å². The van der Waals surface area contributed by atoms with Crippen molar-refractivity contribution in [3.8, 4) is 5.75 Å². The van der Waals surface area contributed by atoms with Crippen LogP contribution in [0.1, 0.15) is 22.0 Å². The van der Waals surface area contributed by atoms with E-state index in [1.54, 1.807) is 13.3 Å². The van der Waals surface area contributed by atoms with Crippen molar-refractivity contribution in [3.63, 3.8) is 0 Å². The molecule has 5 nitrogen and oxygen atoms in total. The molecule has 0 radical (unpaired) electrons. The van der Waals surface area contributed by atoms with Crippen molar-refractivity contribution in [1.29, 1.82) is 0 Å². The van der Waals surface area contributed by atoms with E-state index in [1.807, 2.05) is 12.1 Å². The Morgan fingerprint density at radius 1 is 1.50 bits per heavy atom. The quantitative estimate of drug-likeness (QED) is 0.634. The van der Waals surface area contributed by atoms with Crippen molar-refractivity contribution in [2.45, 2.75) is 19.4 Å². The lowest BCUT2D eigenvalue weighted by molar-refractivity contribution is 0.406. The number of hydrogen-bond acceptors (Lipinski definition) is 6. The molecule has 0 aliphatic carbocycles. The van der Waals surface area contributed by atoms with Crippen LogP contribution in [-0.2, 0) is 6.42 Å². The number of aryl methyl sites for hydroxylation is 1. The molecule has 1 aromatic carbocycles. The Morgan fingerprint density at radius 2 is 2.33 bits per heavy atom. The van der Waals surface area contributed by atoms with Gasteiger partial charge in [-0.2, -0.15) is 0 Å². The molecule has 18 heavy (non-hydrogen) atoms. The topological polar surface area (TPSA) is 73.1 Å². The molecule has 0 saturated carbocycles. The van der Waals surface area contributed by atoms with Gasteiger partial charge in [-0.05, 0) is 36.5 Å². The minimum absolute atomic E-state index is 0.000648. The first kappa shape index (κ1) is 12.9. The van der Waals surface area contributed by atoms with Crippen molar-refractivity contribution >= 4 is 11.5 Å². The molecule has 0 fully saturated rings. The molecule has 0 amide bonds. The highest BCUT2D eigenvalue weighted by Crippen LogP contribution is 2.26. The van der Waals surface area contributed by atoms with Gasteiger partial charge in [0, 0.05) is 0 Å². The number of nitrogens with one attached hydrogen (secondary N) is 1. The van der Waals surface area contributed by atoms with Gasteiger partial charge in [0.2, 0.25) is 0 Å². The Labute approximate surface area is 110 Å². The van der Waals surface area contributed by atoms with Gasteiger partial charge >= 0.3 is 0 Å². The Kier molecular flexibility index (Phi) is 4.24. The third kappa shape index (κ3) is 2.84. The number of nitrogens with two attached hydrogens (primary N) is 1. The number of hydrazine groups is 1. The lowest BCUT2D eigenvalue weighted by Crippen LogP contribution is -2.29. The van der Waals surface area contributed by atoms with Crippen molar-refractivity contribution in [1.82, 2.24) is 15.0 Å². The van der Waals surface area contributed by atoms with Crippen molar-refractivity contribution in [2.24, 2.45) is 5.84 Å². The summed E-state index contributed by atoms with van der Waals surface area (Å²) in [5.74, 6) is 6.48. The Hall–Kier alpha value is -1.50. The highest BCUT2D eigenvalue weighted by molar-refractivity contribution is 7.05. The van der Waals surface area contributed by atoms with E-state index in [9.17, 15) is 0 Å². The molecule has 0 aliphatic rings. The van der Waals surface area contributed by atoms with Crippen LogP contribution in [0.5, 0.6) is 5.75 Å². The van der Waals surface area contributed by atoms with Gasteiger partial charge in [-0.25, -0.2) is 0 Å². The molecule has 2 rings (SSSR count). The Balaban J connectivity index is 2.24. The van der Waals surface area contributed by atoms with Crippen LogP contribution in [-0.4, -0.2) is 16.7 Å². The Morgan fingerprint density at radius 3 is 2.94 bits per heavy atom. The van der Waals surface area contributed by atoms with Crippen LogP contribution in [0, 0.1) is 6.92 Å². The lowest BCUT2D eigenvalue weighted by Gasteiger charge is -2.16. The molecule has 2 aromatic rings. The van der Waals surface area contributed by atoms with Crippen LogP contribution in [0.3, 0.4) is 0 Å². The second kappa shape index (κ2) is 5.90. The van der Waals surface area contributed by atoms with Gasteiger partial charge in [0.05, 0.1) is 24.2 Å². The molecule has 1 unspecified atom stereocenters. The zero-order valence-electron chi connectivity index (χ0n) is 10.4. The molecule has 1 aromatic heterocycles. The lowest BCUT2D eigenvalue weighted by atomic mass is 10.0. The maximum absolute atomic E-state index is 5.60. The summed E-state index contributed by atoms with van der Waals surface area (Å²) in [5, 5.41) is 3.83. The molecule has 6 heteroatoms. The minimum atomic E-state index is 0.000648. The molecule has 0 spiro atoms. The summed E-state index contributed by atoms with van der Waals surface area (Å²) in [7, 11) is 1.67. The maximum Gasteiger partial charge on any atom is 0.122 e. The first-order chi connectivity index (χ1) is 8.74. The van der Waals surface area contributed by atoms with Gasteiger partial charge in [-0.1, -0.05) is 22.2 Å². The number of methoxy groups -OCH3 is 1. The van der Waals surface area contributed by atoms with E-state index in [-0.39, 0.29) is 6.04 Å². The number of aromatic nitrogens is 2. The van der Waals surface area contributed by atoms with E-state index in [4.69, 9.17) is 10.6 Å². The minimum Gasteiger partial charge on any atom is -0.496 e. The highest BCUT2D eigenvalue weighted by atomic mass is 32.1. The first-order valence-electron chi connectivity index (χ1n) is 5.61. The summed E-state index contributed by atoms with van der Waals surface area (Å²) in [5.41, 5.74) is 5.12. The SMILES string of the molecule is COc1ccc(C)cc1CC(NN)c1cnns1. The second-order valence-corrected chi connectivity index (χ2v) is 4.88. The number of benzene rings is 1. The predicted octanol–water partition coefficient (Wildman–Crippen LogP) is 1.60. The summed E-state index contributed by atoms with van der Waals surface area (Å²) < 4.78 is 9.22. The molecule has 1 atom stereocenters. The number of rotatable bonds is 5. The van der Waals surface area contributed by atoms with Crippen molar-refractivity contribution in [3.05, 3.63) is 40.4 Å². The largest absolute Gasteiger partial charge is 0.496 e. The van der Waals surface area contributed by atoms with Gasteiger partial charge in [-0.15, -0.1) is 5.10 Å². The summed E-state index contributed by atoms with van der Waals surface area (Å²) in [6.45, 7) is 2.06. The van der Waals surface area contributed by atoms with Gasteiger partial charge in [0.25, 0.3) is 0 Å². The van der Waals surface area contributed by atoms with Gasteiger partial charge in [0.1, 0.15) is 5.75 Å². The van der Waals surface area contributed by atoms with E-state index in [0.29, 0.717) is 0 Å². The molecular weight excluding hydrogens is 248 g/mol. The van der Waals surface area contributed by atoms with E-state index < -0.39 is 0 Å². The third-order valence-corrected chi connectivity index (χ3v) is 3.56. The van der Waals surface area contributed by atoms with Gasteiger partial charge < -0.3 is 4.74 Å². The summed E-state index contributed by atoms with van der Waals surface area (Å²) in [6.07, 6.45) is 2.47. The summed E-state index contributed by atoms with van der Waals surface area (Å²) in [4.78, 5) is 1.01. The highest BCUT2D eigenvalue weighted by Gasteiger charge is 2.15. The smallest absolute Gasteiger partial charge is 0.122 e. The van der Waals surface area contributed by atoms with Gasteiger partial charge in [0.15, 0.2) is 0 Å². The number of ether oxygens (including phenoxy) is 1. The molecule has 3 N–H and O–H groups in total. The maximum atomic E-state index is 5.60. The zero-order valence-corrected chi connectivity index (χ0v) is 11.2. The van der Waals surface area contributed by atoms with Crippen molar-refractivity contribution < 1.29 is 4.74 Å². The van der Waals surface area contributed by atoms with Crippen LogP contribution < -0.4 is 16.0 Å². The summed E-state index contributed by atoms with van der Waals surface area (Å²) >= 11 is 1.35. The zero-order chi connectivity index (χ0) is 13.0. The van der Waals surface area contributed by atoms with E-state index in [2.05, 4.69) is 28.0 Å². The van der Waals surface area contributed by atoms with Crippen LogP contribution in [0.2, 0.25) is 0 Å². The number of hydrogen-bond donors (Lipinski definition) is 2. The van der Waals surface area contributed by atoms with Crippen LogP contribution in [0.4, 0.5) is 0 Å². The third-order valence-electron chi connectivity index (χ3n) is 2.78. The monoisotopic (exact) mass is 264 g/mol. The number of nitrogens with zero attached hydrogens (tertiary/aromatic N) is 2. The fourth-order valence-corrected chi connectivity index (χ4v) is 2.42.